The van der Waals surface area contributed by atoms with Crippen molar-refractivity contribution in [2.24, 2.45) is 0 Å². The predicted octanol–water partition coefficient (Wildman–Crippen LogP) is 1.70. The Balaban J connectivity index is 2.22. The summed E-state index contributed by atoms with van der Waals surface area (Å²) in [6, 6.07) is 5.00. The molecule has 0 saturated carbocycles. The van der Waals surface area contributed by atoms with Crippen LogP contribution in [0.5, 0.6) is 5.75 Å². The third-order valence-corrected chi connectivity index (χ3v) is 3.75. The molecule has 0 saturated heterocycles. The number of anilines is 2. The number of fused-ring (bicyclic) bond motifs is 1. The summed E-state index contributed by atoms with van der Waals surface area (Å²) in [5, 5.41) is 12.0. The summed E-state index contributed by atoms with van der Waals surface area (Å²) in [5.74, 6) is -0.697. The van der Waals surface area contributed by atoms with E-state index in [4.69, 9.17) is 32.1 Å². The summed E-state index contributed by atoms with van der Waals surface area (Å²) in [5.41, 5.74) is 6.73. The minimum Gasteiger partial charge on any atom is -0.480 e. The molecule has 1 aliphatic heterocycles. The van der Waals surface area contributed by atoms with Gasteiger partial charge < -0.3 is 25.1 Å². The highest BCUT2D eigenvalue weighted by atomic mass is 35.5. The van der Waals surface area contributed by atoms with Gasteiger partial charge in [0.25, 0.3) is 5.91 Å². The summed E-state index contributed by atoms with van der Waals surface area (Å²) in [7, 11) is 1.21. The molecule has 1 amide bonds. The van der Waals surface area contributed by atoms with E-state index in [2.05, 4.69) is 5.32 Å². The van der Waals surface area contributed by atoms with Crippen molar-refractivity contribution in [3.05, 3.63) is 34.6 Å². The Hall–Kier alpha value is -3.18. The van der Waals surface area contributed by atoms with Crippen LogP contribution < -0.4 is 15.8 Å². The number of esters is 1. The second-order valence-electron chi connectivity index (χ2n) is 4.92. The Kier molecular flexibility index (Phi) is 3.79. The van der Waals surface area contributed by atoms with Gasteiger partial charge >= 0.3 is 5.97 Å². The Labute approximate surface area is 141 Å². The molecule has 0 aliphatic carbocycles. The average molecular weight is 347 g/mol. The second-order valence-corrected chi connectivity index (χ2v) is 5.33. The Bertz CT molecular complexity index is 913. The highest BCUT2D eigenvalue weighted by Gasteiger charge is 2.25. The van der Waals surface area contributed by atoms with Crippen LogP contribution in [0.1, 0.15) is 16.1 Å². The predicted molar refractivity (Wildman–Crippen MR) is 85.4 cm³/mol. The van der Waals surface area contributed by atoms with E-state index in [9.17, 15) is 9.59 Å². The van der Waals surface area contributed by atoms with Crippen molar-refractivity contribution in [2.45, 2.75) is 0 Å². The molecule has 0 unspecified atom stereocenters. The van der Waals surface area contributed by atoms with Gasteiger partial charge in [-0.1, -0.05) is 11.6 Å². The zero-order valence-corrected chi connectivity index (χ0v) is 13.2. The zero-order valence-electron chi connectivity index (χ0n) is 12.4. The Morgan fingerprint density at radius 1 is 1.54 bits per heavy atom. The van der Waals surface area contributed by atoms with E-state index in [1.807, 2.05) is 6.07 Å². The third-order valence-electron chi connectivity index (χ3n) is 3.47. The number of benzene rings is 1. The standard InChI is InChI=1S/C15H11ClN4O4/c1-23-15(22)13-12(18)7(4-17)5-20(13)8-2-9(16)14-10(3-8)19-11(21)6-24-14/h2-3,5H,6,18H2,1H3,(H,19,21). The van der Waals surface area contributed by atoms with Gasteiger partial charge in [0, 0.05) is 11.9 Å². The Morgan fingerprint density at radius 2 is 2.29 bits per heavy atom. The number of nitriles is 1. The summed E-state index contributed by atoms with van der Waals surface area (Å²) >= 11 is 6.19. The molecule has 3 N–H and O–H groups in total. The van der Waals surface area contributed by atoms with E-state index in [0.717, 1.165) is 0 Å². The van der Waals surface area contributed by atoms with Crippen molar-refractivity contribution in [1.29, 1.82) is 5.26 Å². The second kappa shape index (κ2) is 5.79. The van der Waals surface area contributed by atoms with Crippen LogP contribution in [-0.4, -0.2) is 30.2 Å². The lowest BCUT2D eigenvalue weighted by molar-refractivity contribution is -0.118. The molecule has 0 bridgehead atoms. The van der Waals surface area contributed by atoms with Crippen molar-refractivity contribution >= 4 is 34.9 Å². The first-order valence-electron chi connectivity index (χ1n) is 6.72. The van der Waals surface area contributed by atoms with Crippen molar-refractivity contribution in [3.8, 4) is 17.5 Å². The maximum Gasteiger partial charge on any atom is 0.357 e. The first-order valence-corrected chi connectivity index (χ1v) is 7.09. The maximum atomic E-state index is 12.0. The van der Waals surface area contributed by atoms with Crippen molar-refractivity contribution < 1.29 is 19.1 Å². The van der Waals surface area contributed by atoms with E-state index in [1.54, 1.807) is 6.07 Å². The fourth-order valence-electron chi connectivity index (χ4n) is 2.40. The number of nitrogens with zero attached hydrogens (tertiary/aromatic N) is 2. The summed E-state index contributed by atoms with van der Waals surface area (Å²) in [6.07, 6.45) is 1.39. The number of nitrogen functional groups attached to an aromatic ring is 1. The molecular formula is C15H11ClN4O4. The molecule has 0 radical (unpaired) electrons. The monoisotopic (exact) mass is 346 g/mol. The number of hydrogen-bond donors (Lipinski definition) is 2. The number of nitrogens with one attached hydrogen (secondary N) is 1. The van der Waals surface area contributed by atoms with Crippen LogP contribution in [0.3, 0.4) is 0 Å². The largest absolute Gasteiger partial charge is 0.480 e. The average Bonchev–Trinajstić information content (AvgIpc) is 2.90. The maximum absolute atomic E-state index is 12.0. The molecule has 1 aromatic carbocycles. The van der Waals surface area contributed by atoms with E-state index in [0.29, 0.717) is 17.1 Å². The Morgan fingerprint density at radius 3 is 2.96 bits per heavy atom. The number of carbonyl (C=O) groups excluding carboxylic acids is 2. The minimum absolute atomic E-state index is 0.00141. The summed E-state index contributed by atoms with van der Waals surface area (Å²) < 4.78 is 11.4. The van der Waals surface area contributed by atoms with Gasteiger partial charge in [-0.05, 0) is 12.1 Å². The van der Waals surface area contributed by atoms with Gasteiger partial charge in [0.15, 0.2) is 18.1 Å². The minimum atomic E-state index is -0.705. The van der Waals surface area contributed by atoms with E-state index < -0.39 is 5.97 Å². The van der Waals surface area contributed by atoms with Gasteiger partial charge in [0.05, 0.1) is 29.1 Å². The fraction of sp³-hybridized carbons (Fsp3) is 0.133. The normalized spacial score (nSPS) is 12.6. The van der Waals surface area contributed by atoms with Gasteiger partial charge in [-0.25, -0.2) is 4.79 Å². The van der Waals surface area contributed by atoms with Gasteiger partial charge in [-0.15, -0.1) is 0 Å². The number of aromatic nitrogens is 1. The summed E-state index contributed by atoms with van der Waals surface area (Å²) in [6.45, 7) is -0.130. The van der Waals surface area contributed by atoms with Crippen LogP contribution in [0.2, 0.25) is 5.02 Å². The van der Waals surface area contributed by atoms with E-state index >= 15 is 0 Å². The van der Waals surface area contributed by atoms with Crippen LogP contribution in [0.4, 0.5) is 11.4 Å². The molecule has 0 atom stereocenters. The van der Waals surface area contributed by atoms with Crippen molar-refractivity contribution in [1.82, 2.24) is 4.57 Å². The number of halogens is 1. The SMILES string of the molecule is COC(=O)c1c(N)c(C#N)cn1-c1cc(Cl)c2c(c1)NC(=O)CO2. The lowest BCUT2D eigenvalue weighted by Crippen LogP contribution is -2.25. The smallest absolute Gasteiger partial charge is 0.357 e. The first kappa shape index (κ1) is 15.7. The van der Waals surface area contributed by atoms with Gasteiger partial charge in [-0.3, -0.25) is 4.79 Å². The van der Waals surface area contributed by atoms with Gasteiger partial charge in [-0.2, -0.15) is 5.26 Å². The van der Waals surface area contributed by atoms with Crippen LogP contribution in [0, 0.1) is 11.3 Å². The number of ether oxygens (including phenoxy) is 2. The number of rotatable bonds is 2. The number of amides is 1. The highest BCUT2D eigenvalue weighted by molar-refractivity contribution is 6.33. The van der Waals surface area contributed by atoms with Crippen molar-refractivity contribution in [2.75, 3.05) is 24.8 Å². The number of carbonyl (C=O) groups is 2. The topological polar surface area (TPSA) is 119 Å². The first-order chi connectivity index (χ1) is 11.5. The molecule has 1 aliphatic rings. The van der Waals surface area contributed by atoms with Crippen LogP contribution in [0.15, 0.2) is 18.3 Å². The summed E-state index contributed by atoms with van der Waals surface area (Å²) in [4.78, 5) is 23.5. The molecule has 2 heterocycles. The highest BCUT2D eigenvalue weighted by Crippen LogP contribution is 2.38. The molecule has 8 nitrogen and oxygen atoms in total. The fourth-order valence-corrected chi connectivity index (χ4v) is 2.67. The molecule has 9 heteroatoms. The van der Waals surface area contributed by atoms with Crippen LogP contribution in [-0.2, 0) is 9.53 Å². The molecular weight excluding hydrogens is 336 g/mol. The molecule has 2 aromatic rings. The quantitative estimate of drug-likeness (QED) is 0.799. The molecule has 24 heavy (non-hydrogen) atoms. The zero-order chi connectivity index (χ0) is 17.4. The molecule has 122 valence electrons. The number of nitrogens with two attached hydrogens (primary N) is 1. The lowest BCUT2D eigenvalue weighted by atomic mass is 10.2. The van der Waals surface area contributed by atoms with Crippen molar-refractivity contribution in [3.63, 3.8) is 0 Å². The molecule has 1 aromatic heterocycles. The third kappa shape index (κ3) is 2.41. The number of hydrogen-bond acceptors (Lipinski definition) is 6. The molecule has 3 rings (SSSR count). The van der Waals surface area contributed by atoms with E-state index in [1.165, 1.54) is 23.9 Å². The van der Waals surface area contributed by atoms with Gasteiger partial charge in [0.2, 0.25) is 0 Å². The molecule has 0 spiro atoms. The molecule has 0 fully saturated rings. The number of methoxy groups -OCH3 is 1. The lowest BCUT2D eigenvalue weighted by Gasteiger charge is -2.20. The van der Waals surface area contributed by atoms with Crippen LogP contribution in [0.25, 0.3) is 5.69 Å². The van der Waals surface area contributed by atoms with E-state index in [-0.39, 0.29) is 34.5 Å². The van der Waals surface area contributed by atoms with Gasteiger partial charge in [0.1, 0.15) is 6.07 Å². The van der Waals surface area contributed by atoms with Crippen LogP contribution >= 0.6 is 11.6 Å².